The average molecular weight is 217 g/mol. The molecule has 1 aromatic carbocycles. The standard InChI is InChI=1S/C11H14F3N/c1-3-4-7(2)15-9-6-5-8(12)10(13)11(9)14/h5-7,15H,3-4H2,1-2H3. The maximum Gasteiger partial charge on any atom is 0.196 e. The second-order valence-electron chi connectivity index (χ2n) is 3.56. The lowest BCUT2D eigenvalue weighted by atomic mass is 10.2. The Labute approximate surface area is 87.3 Å². The summed E-state index contributed by atoms with van der Waals surface area (Å²) in [5.41, 5.74) is 0.00912. The van der Waals surface area contributed by atoms with Gasteiger partial charge >= 0.3 is 0 Å². The number of benzene rings is 1. The summed E-state index contributed by atoms with van der Waals surface area (Å²) in [4.78, 5) is 0. The fourth-order valence-electron chi connectivity index (χ4n) is 1.41. The molecule has 1 aromatic rings. The van der Waals surface area contributed by atoms with Gasteiger partial charge in [0.25, 0.3) is 0 Å². The molecule has 4 heteroatoms. The molecule has 0 aliphatic rings. The zero-order valence-corrected chi connectivity index (χ0v) is 8.78. The first-order valence-electron chi connectivity index (χ1n) is 4.96. The van der Waals surface area contributed by atoms with Crippen LogP contribution in [0.4, 0.5) is 18.9 Å². The predicted octanol–water partition coefficient (Wildman–Crippen LogP) is 3.70. The molecule has 1 unspecified atom stereocenters. The van der Waals surface area contributed by atoms with Gasteiger partial charge in [-0.3, -0.25) is 0 Å². The molecule has 0 amide bonds. The Morgan fingerprint density at radius 2 is 1.87 bits per heavy atom. The summed E-state index contributed by atoms with van der Waals surface area (Å²) in [6.07, 6.45) is 1.79. The first-order chi connectivity index (χ1) is 7.06. The smallest absolute Gasteiger partial charge is 0.196 e. The number of anilines is 1. The van der Waals surface area contributed by atoms with Gasteiger partial charge in [0, 0.05) is 6.04 Å². The van der Waals surface area contributed by atoms with Crippen molar-refractivity contribution in [1.29, 1.82) is 0 Å². The average Bonchev–Trinajstić information content (AvgIpc) is 2.20. The van der Waals surface area contributed by atoms with Gasteiger partial charge in [0.05, 0.1) is 5.69 Å². The van der Waals surface area contributed by atoms with E-state index in [2.05, 4.69) is 5.32 Å². The van der Waals surface area contributed by atoms with Crippen LogP contribution in [0.5, 0.6) is 0 Å². The third-order valence-electron chi connectivity index (χ3n) is 2.16. The molecule has 0 spiro atoms. The lowest BCUT2D eigenvalue weighted by molar-refractivity contribution is 0.448. The molecule has 0 aliphatic carbocycles. The van der Waals surface area contributed by atoms with Crippen LogP contribution in [0, 0.1) is 17.5 Å². The fourth-order valence-corrected chi connectivity index (χ4v) is 1.41. The molecule has 0 bridgehead atoms. The third-order valence-corrected chi connectivity index (χ3v) is 2.16. The molecule has 0 aliphatic heterocycles. The Balaban J connectivity index is 2.82. The van der Waals surface area contributed by atoms with E-state index in [4.69, 9.17) is 0 Å². The number of nitrogens with one attached hydrogen (secondary N) is 1. The summed E-state index contributed by atoms with van der Waals surface area (Å²) in [5.74, 6) is -3.75. The predicted molar refractivity (Wildman–Crippen MR) is 54.3 cm³/mol. The molecule has 0 aromatic heterocycles. The van der Waals surface area contributed by atoms with Crippen LogP contribution in [0.3, 0.4) is 0 Å². The van der Waals surface area contributed by atoms with Gasteiger partial charge in [-0.25, -0.2) is 13.2 Å². The molecular weight excluding hydrogens is 203 g/mol. The quantitative estimate of drug-likeness (QED) is 0.758. The highest BCUT2D eigenvalue weighted by atomic mass is 19.2. The van der Waals surface area contributed by atoms with E-state index in [1.54, 1.807) is 0 Å². The lowest BCUT2D eigenvalue weighted by Gasteiger charge is -2.15. The summed E-state index contributed by atoms with van der Waals surface area (Å²) in [7, 11) is 0. The van der Waals surface area contributed by atoms with Crippen molar-refractivity contribution in [3.63, 3.8) is 0 Å². The Kier molecular flexibility index (Phi) is 4.00. The molecule has 0 radical (unpaired) electrons. The van der Waals surface area contributed by atoms with Crippen molar-refractivity contribution < 1.29 is 13.2 Å². The minimum atomic E-state index is -1.43. The van der Waals surface area contributed by atoms with Crippen molar-refractivity contribution in [1.82, 2.24) is 0 Å². The molecule has 0 heterocycles. The van der Waals surface area contributed by atoms with Gasteiger partial charge in [0.2, 0.25) is 0 Å². The molecule has 1 atom stereocenters. The largest absolute Gasteiger partial charge is 0.380 e. The van der Waals surface area contributed by atoms with Crippen LogP contribution in [-0.4, -0.2) is 6.04 Å². The lowest BCUT2D eigenvalue weighted by Crippen LogP contribution is -2.16. The van der Waals surface area contributed by atoms with Crippen molar-refractivity contribution in [3.05, 3.63) is 29.6 Å². The number of hydrogen-bond donors (Lipinski definition) is 1. The second-order valence-corrected chi connectivity index (χ2v) is 3.56. The van der Waals surface area contributed by atoms with Crippen molar-refractivity contribution in [2.75, 3.05) is 5.32 Å². The maximum atomic E-state index is 13.2. The second kappa shape index (κ2) is 5.05. The molecule has 15 heavy (non-hydrogen) atoms. The van der Waals surface area contributed by atoms with Gasteiger partial charge < -0.3 is 5.32 Å². The highest BCUT2D eigenvalue weighted by Crippen LogP contribution is 2.20. The Hall–Kier alpha value is -1.19. The number of halogens is 3. The first-order valence-corrected chi connectivity index (χ1v) is 4.96. The Morgan fingerprint density at radius 1 is 1.20 bits per heavy atom. The number of hydrogen-bond acceptors (Lipinski definition) is 1. The van der Waals surface area contributed by atoms with E-state index >= 15 is 0 Å². The highest BCUT2D eigenvalue weighted by molar-refractivity contribution is 5.46. The van der Waals surface area contributed by atoms with Gasteiger partial charge in [-0.2, -0.15) is 0 Å². The molecule has 84 valence electrons. The van der Waals surface area contributed by atoms with E-state index in [0.29, 0.717) is 0 Å². The van der Waals surface area contributed by atoms with Gasteiger partial charge in [0.1, 0.15) is 0 Å². The van der Waals surface area contributed by atoms with Gasteiger partial charge in [-0.15, -0.1) is 0 Å². The van der Waals surface area contributed by atoms with E-state index in [1.807, 2.05) is 13.8 Å². The monoisotopic (exact) mass is 217 g/mol. The number of rotatable bonds is 4. The van der Waals surface area contributed by atoms with Crippen LogP contribution in [0.25, 0.3) is 0 Å². The molecule has 1 rings (SSSR count). The summed E-state index contributed by atoms with van der Waals surface area (Å²) in [6, 6.07) is 2.16. The van der Waals surface area contributed by atoms with Crippen molar-refractivity contribution in [2.45, 2.75) is 32.7 Å². The first kappa shape index (κ1) is 11.9. The van der Waals surface area contributed by atoms with Crippen molar-refractivity contribution in [2.24, 2.45) is 0 Å². The fraction of sp³-hybridized carbons (Fsp3) is 0.455. The minimum absolute atomic E-state index is 0.00912. The van der Waals surface area contributed by atoms with Crippen LogP contribution in [0.2, 0.25) is 0 Å². The maximum absolute atomic E-state index is 13.2. The van der Waals surface area contributed by atoms with Crippen molar-refractivity contribution in [3.8, 4) is 0 Å². The summed E-state index contributed by atoms with van der Waals surface area (Å²) >= 11 is 0. The topological polar surface area (TPSA) is 12.0 Å². The molecular formula is C11H14F3N. The molecule has 1 nitrogen and oxygen atoms in total. The highest BCUT2D eigenvalue weighted by Gasteiger charge is 2.14. The van der Waals surface area contributed by atoms with E-state index in [-0.39, 0.29) is 11.7 Å². The molecule has 0 fully saturated rings. The zero-order valence-electron chi connectivity index (χ0n) is 8.78. The van der Waals surface area contributed by atoms with Crippen LogP contribution in [-0.2, 0) is 0 Å². The molecule has 0 saturated heterocycles. The van der Waals surface area contributed by atoms with Crippen LogP contribution in [0.15, 0.2) is 12.1 Å². The summed E-state index contributed by atoms with van der Waals surface area (Å²) < 4.78 is 38.6. The van der Waals surface area contributed by atoms with Gasteiger partial charge in [-0.05, 0) is 25.5 Å². The zero-order chi connectivity index (χ0) is 11.4. The van der Waals surface area contributed by atoms with Crippen LogP contribution >= 0.6 is 0 Å². The Bertz CT molecular complexity index is 339. The summed E-state index contributed by atoms with van der Waals surface area (Å²) in [6.45, 7) is 3.87. The van der Waals surface area contributed by atoms with Crippen LogP contribution in [0.1, 0.15) is 26.7 Å². The van der Waals surface area contributed by atoms with E-state index < -0.39 is 17.5 Å². The third kappa shape index (κ3) is 2.88. The van der Waals surface area contributed by atoms with E-state index in [0.717, 1.165) is 18.9 Å². The SMILES string of the molecule is CCCC(C)Nc1ccc(F)c(F)c1F. The van der Waals surface area contributed by atoms with E-state index in [9.17, 15) is 13.2 Å². The molecule has 0 saturated carbocycles. The molecule has 1 N–H and O–H groups in total. The van der Waals surface area contributed by atoms with E-state index in [1.165, 1.54) is 6.07 Å². The van der Waals surface area contributed by atoms with Gasteiger partial charge in [-0.1, -0.05) is 13.3 Å². The van der Waals surface area contributed by atoms with Crippen molar-refractivity contribution >= 4 is 5.69 Å². The van der Waals surface area contributed by atoms with Gasteiger partial charge in [0.15, 0.2) is 17.5 Å². The minimum Gasteiger partial charge on any atom is -0.380 e. The summed E-state index contributed by atoms with van der Waals surface area (Å²) in [5, 5.41) is 2.80. The Morgan fingerprint density at radius 3 is 2.47 bits per heavy atom. The van der Waals surface area contributed by atoms with Crippen LogP contribution < -0.4 is 5.32 Å². The normalized spacial score (nSPS) is 12.6.